The summed E-state index contributed by atoms with van der Waals surface area (Å²) in [5.74, 6) is 0.648. The van der Waals surface area contributed by atoms with Gasteiger partial charge in [-0.3, -0.25) is 0 Å². The van der Waals surface area contributed by atoms with E-state index in [0.29, 0.717) is 17.3 Å². The van der Waals surface area contributed by atoms with Crippen molar-refractivity contribution < 1.29 is 9.84 Å². The molecular formula is C12H16ClNO2. The summed E-state index contributed by atoms with van der Waals surface area (Å²) in [6, 6.07) is 1.81. The Bertz CT molecular complexity index is 428. The minimum absolute atomic E-state index is 0.0886. The lowest BCUT2D eigenvalue weighted by Crippen LogP contribution is -2.20. The summed E-state index contributed by atoms with van der Waals surface area (Å²) in [7, 11) is 1.53. The number of aromatic hydroxyl groups is 1. The number of halogens is 1. The summed E-state index contributed by atoms with van der Waals surface area (Å²) >= 11 is 6.13. The van der Waals surface area contributed by atoms with Gasteiger partial charge >= 0.3 is 0 Å². The van der Waals surface area contributed by atoms with Crippen molar-refractivity contribution in [2.75, 3.05) is 13.7 Å². The van der Waals surface area contributed by atoms with E-state index < -0.39 is 0 Å². The van der Waals surface area contributed by atoms with Gasteiger partial charge in [-0.1, -0.05) is 11.6 Å². The number of phenolic OH excluding ortho intramolecular Hbond substituents is 1. The van der Waals surface area contributed by atoms with Gasteiger partial charge in [0.25, 0.3) is 0 Å². The smallest absolute Gasteiger partial charge is 0.165 e. The molecule has 0 atom stereocenters. The topological polar surface area (TPSA) is 55.5 Å². The van der Waals surface area contributed by atoms with E-state index in [9.17, 15) is 5.11 Å². The Labute approximate surface area is 100 Å². The fraction of sp³-hybridized carbons (Fsp3) is 0.500. The molecule has 1 fully saturated rings. The maximum atomic E-state index is 10.2. The van der Waals surface area contributed by atoms with Crippen LogP contribution in [0.4, 0.5) is 0 Å². The lowest BCUT2D eigenvalue weighted by atomic mass is 9.93. The van der Waals surface area contributed by atoms with Crippen molar-refractivity contribution in [1.82, 2.24) is 0 Å². The zero-order valence-corrected chi connectivity index (χ0v) is 10.3. The van der Waals surface area contributed by atoms with Gasteiger partial charge in [-0.05, 0) is 25.8 Å². The van der Waals surface area contributed by atoms with Crippen molar-refractivity contribution in [1.29, 1.82) is 0 Å². The Balaban J connectivity index is 2.59. The normalized spacial score (nSPS) is 17.2. The second kappa shape index (κ2) is 3.82. The molecule has 0 spiro atoms. The highest BCUT2D eigenvalue weighted by molar-refractivity contribution is 6.31. The van der Waals surface area contributed by atoms with E-state index in [-0.39, 0.29) is 11.2 Å². The number of phenols is 1. The average Bonchev–Trinajstić information content (AvgIpc) is 3.05. The zero-order valence-electron chi connectivity index (χ0n) is 9.51. The van der Waals surface area contributed by atoms with Crippen LogP contribution < -0.4 is 10.5 Å². The van der Waals surface area contributed by atoms with Crippen LogP contribution in [0.25, 0.3) is 0 Å². The third-order valence-electron chi connectivity index (χ3n) is 3.46. The summed E-state index contributed by atoms with van der Waals surface area (Å²) in [6.45, 7) is 2.36. The third kappa shape index (κ3) is 1.55. The van der Waals surface area contributed by atoms with Crippen molar-refractivity contribution in [3.05, 3.63) is 22.2 Å². The van der Waals surface area contributed by atoms with E-state index in [1.54, 1.807) is 0 Å². The molecule has 1 aromatic rings. The maximum Gasteiger partial charge on any atom is 0.165 e. The standard InChI is InChI=1S/C12H16ClNO2/c1-7-9(13)5-8(10(15)11(7)16-2)12(6-14)3-4-12/h5,15H,3-4,6,14H2,1-2H3. The summed E-state index contributed by atoms with van der Waals surface area (Å²) in [5.41, 5.74) is 7.25. The maximum absolute atomic E-state index is 10.2. The largest absolute Gasteiger partial charge is 0.504 e. The predicted octanol–water partition coefficient (Wildman–Crippen LogP) is 2.35. The Morgan fingerprint density at radius 2 is 2.19 bits per heavy atom. The summed E-state index contributed by atoms with van der Waals surface area (Å²) in [4.78, 5) is 0. The van der Waals surface area contributed by atoms with E-state index in [1.807, 2.05) is 13.0 Å². The van der Waals surface area contributed by atoms with Gasteiger partial charge in [0.15, 0.2) is 11.5 Å². The molecule has 0 saturated heterocycles. The van der Waals surface area contributed by atoms with Crippen LogP contribution in [0.2, 0.25) is 5.02 Å². The molecule has 1 aliphatic rings. The van der Waals surface area contributed by atoms with Crippen molar-refractivity contribution in [3.8, 4) is 11.5 Å². The highest BCUT2D eigenvalue weighted by atomic mass is 35.5. The Morgan fingerprint density at radius 1 is 1.56 bits per heavy atom. The Morgan fingerprint density at radius 3 is 2.62 bits per heavy atom. The first-order valence-electron chi connectivity index (χ1n) is 5.32. The molecule has 0 amide bonds. The van der Waals surface area contributed by atoms with Gasteiger partial charge in [0.1, 0.15) is 0 Å². The van der Waals surface area contributed by atoms with Gasteiger partial charge in [-0.25, -0.2) is 0 Å². The van der Waals surface area contributed by atoms with Crippen molar-refractivity contribution in [3.63, 3.8) is 0 Å². The first-order chi connectivity index (χ1) is 7.55. The molecule has 1 aromatic carbocycles. The molecule has 3 N–H and O–H groups in total. The highest BCUT2D eigenvalue weighted by Crippen LogP contribution is 2.53. The predicted molar refractivity (Wildman–Crippen MR) is 64.4 cm³/mol. The van der Waals surface area contributed by atoms with Crippen molar-refractivity contribution in [2.24, 2.45) is 5.73 Å². The number of hydrogen-bond acceptors (Lipinski definition) is 3. The SMILES string of the molecule is COc1c(C)c(Cl)cc(C2(CN)CC2)c1O. The Kier molecular flexibility index (Phi) is 2.76. The van der Waals surface area contributed by atoms with Crippen LogP contribution in [-0.2, 0) is 5.41 Å². The minimum Gasteiger partial charge on any atom is -0.504 e. The zero-order chi connectivity index (χ0) is 11.9. The molecule has 0 bridgehead atoms. The molecule has 0 heterocycles. The van der Waals surface area contributed by atoms with E-state index >= 15 is 0 Å². The first kappa shape index (κ1) is 11.6. The van der Waals surface area contributed by atoms with Gasteiger partial charge in [-0.2, -0.15) is 0 Å². The number of rotatable bonds is 3. The van der Waals surface area contributed by atoms with E-state index in [1.165, 1.54) is 7.11 Å². The van der Waals surface area contributed by atoms with Gasteiger partial charge in [-0.15, -0.1) is 0 Å². The molecule has 0 aliphatic heterocycles. The second-order valence-corrected chi connectivity index (χ2v) is 4.80. The lowest BCUT2D eigenvalue weighted by molar-refractivity contribution is 0.365. The summed E-state index contributed by atoms with van der Waals surface area (Å²) in [6.07, 6.45) is 2.00. The van der Waals surface area contributed by atoms with Crippen LogP contribution in [0.15, 0.2) is 6.07 Å². The molecule has 4 heteroatoms. The third-order valence-corrected chi connectivity index (χ3v) is 3.85. The molecule has 0 unspecified atom stereocenters. The van der Waals surface area contributed by atoms with Gasteiger partial charge in [0.2, 0.25) is 0 Å². The molecule has 1 aliphatic carbocycles. The van der Waals surface area contributed by atoms with E-state index in [4.69, 9.17) is 22.1 Å². The second-order valence-electron chi connectivity index (χ2n) is 4.40. The molecule has 2 rings (SSSR count). The fourth-order valence-electron chi connectivity index (χ4n) is 2.10. The molecule has 16 heavy (non-hydrogen) atoms. The van der Waals surface area contributed by atoms with Gasteiger partial charge in [0, 0.05) is 28.1 Å². The van der Waals surface area contributed by atoms with E-state index in [0.717, 1.165) is 24.0 Å². The molecule has 0 aromatic heterocycles. The van der Waals surface area contributed by atoms with Crippen LogP contribution in [0.1, 0.15) is 24.0 Å². The van der Waals surface area contributed by atoms with Crippen LogP contribution in [0, 0.1) is 6.92 Å². The number of benzene rings is 1. The quantitative estimate of drug-likeness (QED) is 0.854. The van der Waals surface area contributed by atoms with Crippen molar-refractivity contribution in [2.45, 2.75) is 25.2 Å². The van der Waals surface area contributed by atoms with Crippen LogP contribution >= 0.6 is 11.6 Å². The highest BCUT2D eigenvalue weighted by Gasteiger charge is 2.45. The van der Waals surface area contributed by atoms with Crippen LogP contribution in [0.5, 0.6) is 11.5 Å². The minimum atomic E-state index is -0.0886. The molecule has 3 nitrogen and oxygen atoms in total. The molecule has 0 radical (unpaired) electrons. The van der Waals surface area contributed by atoms with E-state index in [2.05, 4.69) is 0 Å². The first-order valence-corrected chi connectivity index (χ1v) is 5.70. The molecule has 1 saturated carbocycles. The molecular weight excluding hydrogens is 226 g/mol. The summed E-state index contributed by atoms with van der Waals surface area (Å²) < 4.78 is 5.19. The van der Waals surface area contributed by atoms with Crippen molar-refractivity contribution >= 4 is 11.6 Å². The number of methoxy groups -OCH3 is 1. The van der Waals surface area contributed by atoms with Gasteiger partial charge in [0.05, 0.1) is 7.11 Å². The number of ether oxygens (including phenoxy) is 1. The summed E-state index contributed by atoms with van der Waals surface area (Å²) in [5, 5.41) is 10.8. The Hall–Kier alpha value is -0.930. The average molecular weight is 242 g/mol. The van der Waals surface area contributed by atoms with Crippen LogP contribution in [0.3, 0.4) is 0 Å². The van der Waals surface area contributed by atoms with Crippen LogP contribution in [-0.4, -0.2) is 18.8 Å². The monoisotopic (exact) mass is 241 g/mol. The fourth-order valence-corrected chi connectivity index (χ4v) is 2.29. The lowest BCUT2D eigenvalue weighted by Gasteiger charge is -2.19. The van der Waals surface area contributed by atoms with Gasteiger partial charge < -0.3 is 15.6 Å². The number of hydrogen-bond donors (Lipinski definition) is 2. The molecule has 88 valence electrons. The number of nitrogens with two attached hydrogens (primary N) is 1.